The van der Waals surface area contributed by atoms with Crippen LogP contribution in [-0.4, -0.2) is 11.4 Å². The van der Waals surface area contributed by atoms with Gasteiger partial charge in [-0.15, -0.1) is 0 Å². The van der Waals surface area contributed by atoms with Crippen molar-refractivity contribution in [3.8, 4) is 0 Å². The zero-order chi connectivity index (χ0) is 13.2. The first-order valence-electron chi connectivity index (χ1n) is 7.08. The Labute approximate surface area is 110 Å². The van der Waals surface area contributed by atoms with Crippen molar-refractivity contribution >= 4 is 5.78 Å². The van der Waals surface area contributed by atoms with Gasteiger partial charge in [0, 0.05) is 18.4 Å². The smallest absolute Gasteiger partial charge is 0.162 e. The number of hydrogen-bond donors (Lipinski definition) is 0. The summed E-state index contributed by atoms with van der Waals surface area (Å²) in [7, 11) is 0. The summed E-state index contributed by atoms with van der Waals surface area (Å²) in [5.41, 5.74) is 2.28. The van der Waals surface area contributed by atoms with Gasteiger partial charge in [-0.2, -0.15) is 0 Å². The van der Waals surface area contributed by atoms with Crippen LogP contribution in [0, 0.1) is 0 Å². The summed E-state index contributed by atoms with van der Waals surface area (Å²) in [5.74, 6) is 1.32. The van der Waals surface area contributed by atoms with Crippen molar-refractivity contribution in [2.45, 2.75) is 71.3 Å². The molecule has 1 aliphatic heterocycles. The molecule has 100 valence electrons. The topological polar surface area (TPSA) is 26.3 Å². The summed E-state index contributed by atoms with van der Waals surface area (Å²) in [5, 5.41) is 0. The molecule has 0 aromatic carbocycles. The number of allylic oxidation sites excluding steroid dienone is 4. The molecular weight excluding hydrogens is 224 g/mol. The molecule has 1 heterocycles. The lowest BCUT2D eigenvalue weighted by Crippen LogP contribution is -2.34. The van der Waals surface area contributed by atoms with Gasteiger partial charge in [0.25, 0.3) is 0 Å². The third-order valence-electron chi connectivity index (χ3n) is 3.98. The average Bonchev–Trinajstić information content (AvgIpc) is 2.28. The number of ether oxygens (including phenoxy) is 1. The summed E-state index contributed by atoms with van der Waals surface area (Å²) in [6, 6.07) is 0. The Bertz CT molecular complexity index is 399. The van der Waals surface area contributed by atoms with Gasteiger partial charge < -0.3 is 4.74 Å². The fourth-order valence-corrected chi connectivity index (χ4v) is 2.84. The Hall–Kier alpha value is -1.05. The minimum absolute atomic E-state index is 0.0671. The number of carbonyl (C=O) groups excluding carboxylic acids is 1. The van der Waals surface area contributed by atoms with E-state index in [9.17, 15) is 4.79 Å². The van der Waals surface area contributed by atoms with E-state index in [1.807, 2.05) is 0 Å². The second kappa shape index (κ2) is 5.29. The van der Waals surface area contributed by atoms with Crippen molar-refractivity contribution < 1.29 is 9.53 Å². The quantitative estimate of drug-likeness (QED) is 0.696. The van der Waals surface area contributed by atoms with Crippen LogP contribution < -0.4 is 0 Å². The molecule has 2 heteroatoms. The van der Waals surface area contributed by atoms with E-state index >= 15 is 0 Å². The molecule has 0 saturated heterocycles. The minimum Gasteiger partial charge on any atom is -0.491 e. The maximum atomic E-state index is 11.8. The van der Waals surface area contributed by atoms with Crippen LogP contribution in [0.4, 0.5) is 0 Å². The number of ketones is 1. The Balaban J connectivity index is 2.02. The van der Waals surface area contributed by atoms with Gasteiger partial charge in [0.1, 0.15) is 11.4 Å². The maximum Gasteiger partial charge on any atom is 0.162 e. The zero-order valence-corrected chi connectivity index (χ0v) is 11.8. The molecule has 1 unspecified atom stereocenters. The summed E-state index contributed by atoms with van der Waals surface area (Å²) < 4.78 is 6.16. The molecule has 0 spiro atoms. The summed E-state index contributed by atoms with van der Waals surface area (Å²) in [6.45, 7) is 6.45. The van der Waals surface area contributed by atoms with Crippen LogP contribution in [0.1, 0.15) is 65.7 Å². The molecule has 0 aromatic rings. The summed E-state index contributed by atoms with van der Waals surface area (Å²) in [6.07, 6.45) is 8.91. The van der Waals surface area contributed by atoms with Gasteiger partial charge in [-0.1, -0.05) is 11.6 Å². The van der Waals surface area contributed by atoms with Crippen molar-refractivity contribution in [2.75, 3.05) is 0 Å². The van der Waals surface area contributed by atoms with Crippen molar-refractivity contribution in [3.05, 3.63) is 23.0 Å². The van der Waals surface area contributed by atoms with Crippen LogP contribution in [0.25, 0.3) is 0 Å². The van der Waals surface area contributed by atoms with E-state index in [1.54, 1.807) is 0 Å². The van der Waals surface area contributed by atoms with Crippen LogP contribution in [-0.2, 0) is 9.53 Å². The Morgan fingerprint density at radius 2 is 2.11 bits per heavy atom. The second-order valence-corrected chi connectivity index (χ2v) is 6.05. The summed E-state index contributed by atoms with van der Waals surface area (Å²) >= 11 is 0. The number of Topliss-reactive ketones (excluding diaryl/α,β-unsaturated/α-hetero) is 1. The Kier molecular flexibility index (Phi) is 3.94. The highest BCUT2D eigenvalue weighted by Crippen LogP contribution is 2.39. The second-order valence-electron chi connectivity index (χ2n) is 6.05. The molecule has 2 aliphatic rings. The molecule has 1 aliphatic carbocycles. The molecule has 0 N–H and O–H groups in total. The molecule has 0 fully saturated rings. The zero-order valence-electron chi connectivity index (χ0n) is 11.8. The fraction of sp³-hybridized carbons (Fsp3) is 0.688. The molecule has 0 aromatic heterocycles. The molecule has 1 atom stereocenters. The molecule has 0 amide bonds. The van der Waals surface area contributed by atoms with Gasteiger partial charge in [-0.25, -0.2) is 0 Å². The highest BCUT2D eigenvalue weighted by Gasteiger charge is 2.35. The number of rotatable bonds is 3. The van der Waals surface area contributed by atoms with Gasteiger partial charge in [0.05, 0.1) is 0 Å². The Morgan fingerprint density at radius 3 is 2.83 bits per heavy atom. The summed E-state index contributed by atoms with van der Waals surface area (Å²) in [4.78, 5) is 11.8. The van der Waals surface area contributed by atoms with Crippen molar-refractivity contribution in [1.29, 1.82) is 0 Å². The largest absolute Gasteiger partial charge is 0.491 e. The number of hydrogen-bond acceptors (Lipinski definition) is 2. The molecule has 18 heavy (non-hydrogen) atoms. The maximum absolute atomic E-state index is 11.8. The molecule has 0 saturated carbocycles. The monoisotopic (exact) mass is 248 g/mol. The van der Waals surface area contributed by atoms with Gasteiger partial charge in [-0.3, -0.25) is 4.79 Å². The SMILES string of the molecule is CC(C)=CCCC1(C)CCC2=C(CCCC2=O)O1. The molecule has 0 bridgehead atoms. The van der Waals surface area contributed by atoms with E-state index in [1.165, 1.54) is 5.57 Å². The van der Waals surface area contributed by atoms with Gasteiger partial charge in [0.2, 0.25) is 0 Å². The highest BCUT2D eigenvalue weighted by atomic mass is 16.5. The first kappa shape index (κ1) is 13.4. The first-order chi connectivity index (χ1) is 8.50. The van der Waals surface area contributed by atoms with E-state index in [2.05, 4.69) is 26.8 Å². The third-order valence-corrected chi connectivity index (χ3v) is 3.98. The van der Waals surface area contributed by atoms with E-state index in [0.29, 0.717) is 5.78 Å². The molecule has 2 rings (SSSR count). The molecular formula is C16H24O2. The molecule has 0 radical (unpaired) electrons. The van der Waals surface area contributed by atoms with Crippen molar-refractivity contribution in [1.82, 2.24) is 0 Å². The van der Waals surface area contributed by atoms with Crippen molar-refractivity contribution in [2.24, 2.45) is 0 Å². The number of carbonyl (C=O) groups is 1. The van der Waals surface area contributed by atoms with E-state index in [4.69, 9.17) is 4.74 Å². The van der Waals surface area contributed by atoms with Gasteiger partial charge in [0.15, 0.2) is 5.78 Å². The van der Waals surface area contributed by atoms with E-state index in [0.717, 1.165) is 56.3 Å². The normalized spacial score (nSPS) is 27.6. The van der Waals surface area contributed by atoms with Gasteiger partial charge >= 0.3 is 0 Å². The van der Waals surface area contributed by atoms with Crippen LogP contribution >= 0.6 is 0 Å². The van der Waals surface area contributed by atoms with Gasteiger partial charge in [-0.05, 0) is 52.9 Å². The standard InChI is InChI=1S/C16H24O2/c1-12(2)6-5-10-16(3)11-9-13-14(17)7-4-8-15(13)18-16/h6H,4-5,7-11H2,1-3H3. The third kappa shape index (κ3) is 3.04. The van der Waals surface area contributed by atoms with Crippen LogP contribution in [0.3, 0.4) is 0 Å². The Morgan fingerprint density at radius 1 is 1.33 bits per heavy atom. The van der Waals surface area contributed by atoms with Crippen LogP contribution in [0.5, 0.6) is 0 Å². The van der Waals surface area contributed by atoms with Crippen LogP contribution in [0.15, 0.2) is 23.0 Å². The molecule has 2 nitrogen and oxygen atoms in total. The van der Waals surface area contributed by atoms with E-state index in [-0.39, 0.29) is 5.60 Å². The average molecular weight is 248 g/mol. The lowest BCUT2D eigenvalue weighted by atomic mass is 9.83. The van der Waals surface area contributed by atoms with Crippen molar-refractivity contribution in [3.63, 3.8) is 0 Å². The lowest BCUT2D eigenvalue weighted by molar-refractivity contribution is -0.118. The van der Waals surface area contributed by atoms with E-state index < -0.39 is 0 Å². The first-order valence-corrected chi connectivity index (χ1v) is 7.08. The van der Waals surface area contributed by atoms with Crippen LogP contribution in [0.2, 0.25) is 0 Å². The highest BCUT2D eigenvalue weighted by molar-refractivity contribution is 5.96. The fourth-order valence-electron chi connectivity index (χ4n) is 2.84. The lowest BCUT2D eigenvalue weighted by Gasteiger charge is -2.38. The predicted molar refractivity (Wildman–Crippen MR) is 73.3 cm³/mol. The minimum atomic E-state index is -0.0671. The predicted octanol–water partition coefficient (Wildman–Crippen LogP) is 4.31.